The second kappa shape index (κ2) is 6.63. The Morgan fingerprint density at radius 1 is 1.29 bits per heavy atom. The quantitative estimate of drug-likeness (QED) is 0.869. The lowest BCUT2D eigenvalue weighted by atomic mass is 10.0. The van der Waals surface area contributed by atoms with Crippen LogP contribution in [0.5, 0.6) is 0 Å². The first kappa shape index (κ1) is 16.5. The minimum Gasteiger partial charge on any atom is -0.369 e. The second-order valence-corrected chi connectivity index (χ2v) is 6.71. The minimum absolute atomic E-state index is 0.0658. The number of carbonyl (C=O) groups is 1. The molecule has 1 saturated heterocycles. The molecule has 0 bridgehead atoms. The van der Waals surface area contributed by atoms with Gasteiger partial charge in [-0.15, -0.1) is 0 Å². The van der Waals surface area contributed by atoms with Crippen molar-refractivity contribution < 1.29 is 4.79 Å². The molecule has 2 aromatic rings. The normalized spacial score (nSPS) is 17.8. The van der Waals surface area contributed by atoms with E-state index in [9.17, 15) is 4.79 Å². The maximum Gasteiger partial charge on any atom is 0.272 e. The van der Waals surface area contributed by atoms with Gasteiger partial charge in [0.05, 0.1) is 11.7 Å². The number of carbonyl (C=O) groups excluding carboxylic acids is 1. The number of nitrogens with zero attached hydrogens (tertiary/aromatic N) is 5. The van der Waals surface area contributed by atoms with E-state index in [0.717, 1.165) is 37.3 Å². The third kappa shape index (κ3) is 3.27. The van der Waals surface area contributed by atoms with Crippen molar-refractivity contribution in [1.82, 2.24) is 19.7 Å². The largest absolute Gasteiger partial charge is 0.369 e. The van der Waals surface area contributed by atoms with Crippen LogP contribution >= 0.6 is 0 Å². The van der Waals surface area contributed by atoms with E-state index in [1.165, 1.54) is 5.69 Å². The van der Waals surface area contributed by atoms with Crippen molar-refractivity contribution in [3.63, 3.8) is 0 Å². The van der Waals surface area contributed by atoms with E-state index in [0.29, 0.717) is 11.7 Å². The molecule has 0 aromatic carbocycles. The maximum atomic E-state index is 12.1. The highest BCUT2D eigenvalue weighted by Crippen LogP contribution is 2.27. The molecule has 128 valence electrons. The molecule has 1 aliphatic rings. The molecular weight excluding hydrogens is 302 g/mol. The topological polar surface area (TPSA) is 54.3 Å². The summed E-state index contributed by atoms with van der Waals surface area (Å²) in [6.07, 6.45) is 3.97. The van der Waals surface area contributed by atoms with Crippen LogP contribution in [0.15, 0.2) is 24.4 Å². The monoisotopic (exact) mass is 327 g/mol. The highest BCUT2D eigenvalue weighted by molar-refractivity contribution is 5.92. The van der Waals surface area contributed by atoms with Gasteiger partial charge in [-0.25, -0.2) is 0 Å². The predicted molar refractivity (Wildman–Crippen MR) is 94.4 cm³/mol. The van der Waals surface area contributed by atoms with Gasteiger partial charge in [-0.3, -0.25) is 14.5 Å². The summed E-state index contributed by atoms with van der Waals surface area (Å²) < 4.78 is 2.15. The van der Waals surface area contributed by atoms with E-state index in [1.54, 1.807) is 25.2 Å². The van der Waals surface area contributed by atoms with Gasteiger partial charge in [-0.1, -0.05) is 0 Å². The van der Waals surface area contributed by atoms with Crippen LogP contribution in [0.25, 0.3) is 0 Å². The maximum absolute atomic E-state index is 12.1. The number of hydrogen-bond acceptors (Lipinski definition) is 4. The molecule has 2 aromatic heterocycles. The van der Waals surface area contributed by atoms with Gasteiger partial charge in [0, 0.05) is 44.8 Å². The summed E-state index contributed by atoms with van der Waals surface area (Å²) in [5, 5.41) is 4.65. The Kier molecular flexibility index (Phi) is 4.55. The standard InChI is InChI=1S/C18H25N5O/c1-13-10-14(2)23(20-13)16-6-5-9-22(12-16)15-7-8-19-17(11-15)18(24)21(3)4/h7-8,10-11,16H,5-6,9,12H2,1-4H3. The molecule has 1 atom stereocenters. The average molecular weight is 327 g/mol. The first-order chi connectivity index (χ1) is 11.5. The first-order valence-corrected chi connectivity index (χ1v) is 8.41. The molecular formula is C18H25N5O. The zero-order valence-electron chi connectivity index (χ0n) is 14.9. The zero-order valence-corrected chi connectivity index (χ0v) is 14.9. The van der Waals surface area contributed by atoms with Gasteiger partial charge < -0.3 is 9.80 Å². The molecule has 0 spiro atoms. The SMILES string of the molecule is Cc1cc(C)n(C2CCCN(c3ccnc(C(=O)N(C)C)c3)C2)n1. The number of hydrogen-bond donors (Lipinski definition) is 0. The van der Waals surface area contributed by atoms with E-state index in [1.807, 2.05) is 19.1 Å². The fourth-order valence-electron chi connectivity index (χ4n) is 3.37. The highest BCUT2D eigenvalue weighted by Gasteiger charge is 2.24. The Morgan fingerprint density at radius 3 is 2.75 bits per heavy atom. The van der Waals surface area contributed by atoms with Crippen molar-refractivity contribution >= 4 is 11.6 Å². The number of pyridine rings is 1. The fourth-order valence-corrected chi connectivity index (χ4v) is 3.37. The van der Waals surface area contributed by atoms with Crippen molar-refractivity contribution in [3.8, 4) is 0 Å². The van der Waals surface area contributed by atoms with Gasteiger partial charge >= 0.3 is 0 Å². The van der Waals surface area contributed by atoms with Crippen molar-refractivity contribution in [2.24, 2.45) is 0 Å². The van der Waals surface area contributed by atoms with Crippen LogP contribution in [0.4, 0.5) is 5.69 Å². The Bertz CT molecular complexity index is 737. The summed E-state index contributed by atoms with van der Waals surface area (Å²) in [7, 11) is 3.49. The van der Waals surface area contributed by atoms with Crippen molar-refractivity contribution in [3.05, 3.63) is 41.5 Å². The van der Waals surface area contributed by atoms with E-state index < -0.39 is 0 Å². The average Bonchev–Trinajstić information content (AvgIpc) is 2.92. The number of rotatable bonds is 3. The summed E-state index contributed by atoms with van der Waals surface area (Å²) in [6, 6.07) is 6.37. The van der Waals surface area contributed by atoms with Gasteiger partial charge in [0.2, 0.25) is 0 Å². The fraction of sp³-hybridized carbons (Fsp3) is 0.500. The third-order valence-corrected chi connectivity index (χ3v) is 4.52. The van der Waals surface area contributed by atoms with E-state index in [4.69, 9.17) is 0 Å². The van der Waals surface area contributed by atoms with E-state index in [2.05, 4.69) is 32.7 Å². The Labute approximate surface area is 143 Å². The lowest BCUT2D eigenvalue weighted by molar-refractivity contribution is 0.0822. The number of aryl methyl sites for hydroxylation is 2. The predicted octanol–water partition coefficient (Wildman–Crippen LogP) is 2.44. The molecule has 24 heavy (non-hydrogen) atoms. The molecule has 1 aliphatic heterocycles. The molecule has 3 rings (SSSR count). The number of amides is 1. The van der Waals surface area contributed by atoms with Crippen LogP contribution in [-0.4, -0.2) is 52.8 Å². The summed E-state index contributed by atoms with van der Waals surface area (Å²) in [5.41, 5.74) is 3.82. The van der Waals surface area contributed by atoms with Gasteiger partial charge in [0.25, 0.3) is 5.91 Å². The molecule has 1 fully saturated rings. The molecule has 0 N–H and O–H groups in total. The molecule has 6 nitrogen and oxygen atoms in total. The number of piperidine rings is 1. The second-order valence-electron chi connectivity index (χ2n) is 6.71. The van der Waals surface area contributed by atoms with Crippen LogP contribution < -0.4 is 4.90 Å². The van der Waals surface area contributed by atoms with Crippen molar-refractivity contribution in [2.75, 3.05) is 32.1 Å². The molecule has 3 heterocycles. The Balaban J connectivity index is 1.81. The van der Waals surface area contributed by atoms with Crippen LogP contribution in [0, 0.1) is 13.8 Å². The highest BCUT2D eigenvalue weighted by atomic mass is 16.2. The Morgan fingerprint density at radius 2 is 2.08 bits per heavy atom. The van der Waals surface area contributed by atoms with Gasteiger partial charge in [-0.05, 0) is 44.9 Å². The van der Waals surface area contributed by atoms with Gasteiger partial charge in [-0.2, -0.15) is 5.10 Å². The summed E-state index contributed by atoms with van der Waals surface area (Å²) in [4.78, 5) is 20.2. The van der Waals surface area contributed by atoms with E-state index in [-0.39, 0.29) is 5.91 Å². The number of anilines is 1. The van der Waals surface area contributed by atoms with Crippen LogP contribution in [-0.2, 0) is 0 Å². The van der Waals surface area contributed by atoms with Crippen LogP contribution in [0.2, 0.25) is 0 Å². The summed E-state index contributed by atoms with van der Waals surface area (Å²) in [5.74, 6) is -0.0658. The lowest BCUT2D eigenvalue weighted by Crippen LogP contribution is -2.37. The smallest absolute Gasteiger partial charge is 0.272 e. The summed E-state index contributed by atoms with van der Waals surface area (Å²) in [6.45, 7) is 6.04. The third-order valence-electron chi connectivity index (χ3n) is 4.52. The van der Waals surface area contributed by atoms with Gasteiger partial charge in [0.1, 0.15) is 5.69 Å². The molecule has 1 unspecified atom stereocenters. The first-order valence-electron chi connectivity index (χ1n) is 8.41. The van der Waals surface area contributed by atoms with Crippen LogP contribution in [0.1, 0.15) is 40.8 Å². The van der Waals surface area contributed by atoms with Gasteiger partial charge in [0.15, 0.2) is 0 Å². The van der Waals surface area contributed by atoms with Crippen molar-refractivity contribution in [1.29, 1.82) is 0 Å². The van der Waals surface area contributed by atoms with Crippen molar-refractivity contribution in [2.45, 2.75) is 32.7 Å². The summed E-state index contributed by atoms with van der Waals surface area (Å²) >= 11 is 0. The minimum atomic E-state index is -0.0658. The van der Waals surface area contributed by atoms with Crippen LogP contribution in [0.3, 0.4) is 0 Å². The lowest BCUT2D eigenvalue weighted by Gasteiger charge is -2.35. The molecule has 0 radical (unpaired) electrons. The Hall–Kier alpha value is -2.37. The molecule has 0 aliphatic carbocycles. The molecule has 0 saturated carbocycles. The van der Waals surface area contributed by atoms with E-state index >= 15 is 0 Å². The zero-order chi connectivity index (χ0) is 17.3. The molecule has 6 heteroatoms. The number of aromatic nitrogens is 3. The molecule has 1 amide bonds.